The fourth-order valence-corrected chi connectivity index (χ4v) is 4.15. The van der Waals surface area contributed by atoms with E-state index in [4.69, 9.17) is 27.5 Å². The topological polar surface area (TPSA) is 112 Å². The maximum absolute atomic E-state index is 11.2. The highest BCUT2D eigenvalue weighted by Gasteiger charge is 2.16. The van der Waals surface area contributed by atoms with Gasteiger partial charge in [0.2, 0.25) is 0 Å². The number of benzene rings is 4. The number of phenols is 1. The summed E-state index contributed by atoms with van der Waals surface area (Å²) in [6, 6.07) is 24.9. The lowest BCUT2D eigenvalue weighted by Gasteiger charge is -2.17. The molecule has 8 heteroatoms. The van der Waals surface area contributed by atoms with Gasteiger partial charge in [-0.25, -0.2) is 9.80 Å². The Labute approximate surface area is 205 Å². The van der Waals surface area contributed by atoms with Crippen LogP contribution in [0.4, 0.5) is 5.69 Å². The number of aromatic hydroxyl groups is 1. The second-order valence-corrected chi connectivity index (χ2v) is 8.19. The van der Waals surface area contributed by atoms with E-state index in [0.717, 1.165) is 27.5 Å². The molecule has 1 heterocycles. The number of nitrogens with zero attached hydrogens (tertiary/aromatic N) is 2. The van der Waals surface area contributed by atoms with Crippen molar-refractivity contribution in [1.29, 1.82) is 0 Å². The highest BCUT2D eigenvalue weighted by molar-refractivity contribution is 7.80. The third-order valence-corrected chi connectivity index (χ3v) is 5.81. The summed E-state index contributed by atoms with van der Waals surface area (Å²) in [5.74, 6) is -0.998. The molecule has 4 N–H and O–H groups in total. The molecule has 0 aliphatic rings. The van der Waals surface area contributed by atoms with Crippen LogP contribution in [0.2, 0.25) is 0 Å². The van der Waals surface area contributed by atoms with Gasteiger partial charge < -0.3 is 20.4 Å². The number of nitrogens with two attached hydrogens (primary N) is 1. The Balaban J connectivity index is 1.56. The summed E-state index contributed by atoms with van der Waals surface area (Å²) in [7, 11) is 0. The lowest BCUT2D eigenvalue weighted by molar-refractivity contribution is 0.0697. The Morgan fingerprint density at radius 3 is 2.34 bits per heavy atom. The molecule has 0 saturated carbocycles. The van der Waals surface area contributed by atoms with E-state index < -0.39 is 5.97 Å². The molecule has 0 bridgehead atoms. The van der Waals surface area contributed by atoms with Gasteiger partial charge in [0, 0.05) is 21.9 Å². The van der Waals surface area contributed by atoms with Gasteiger partial charge in [0.15, 0.2) is 5.11 Å². The zero-order valence-electron chi connectivity index (χ0n) is 18.3. The highest BCUT2D eigenvalue weighted by Crippen LogP contribution is 2.40. The normalized spacial score (nSPS) is 11.3. The molecule has 4 aromatic carbocycles. The maximum atomic E-state index is 11.2. The van der Waals surface area contributed by atoms with Crippen LogP contribution in [-0.2, 0) is 0 Å². The summed E-state index contributed by atoms with van der Waals surface area (Å²) in [6.07, 6.45) is 1.46. The van der Waals surface area contributed by atoms with Gasteiger partial charge in [-0.1, -0.05) is 42.5 Å². The molecule has 0 aliphatic carbocycles. The number of rotatable bonds is 5. The van der Waals surface area contributed by atoms with Crippen molar-refractivity contribution in [3.63, 3.8) is 0 Å². The van der Waals surface area contributed by atoms with Gasteiger partial charge in [-0.15, -0.1) is 0 Å². The number of aromatic carboxylic acids is 1. The molecule has 0 fully saturated rings. The van der Waals surface area contributed by atoms with Crippen molar-refractivity contribution in [2.24, 2.45) is 10.8 Å². The predicted molar refractivity (Wildman–Crippen MR) is 141 cm³/mol. The number of carboxylic acids is 1. The molecular formula is C27H19N3O4S. The Hall–Kier alpha value is -4.69. The highest BCUT2D eigenvalue weighted by atomic mass is 32.1. The second kappa shape index (κ2) is 8.92. The van der Waals surface area contributed by atoms with Crippen molar-refractivity contribution >= 4 is 57.1 Å². The number of para-hydroxylation sites is 2. The molecule has 0 spiro atoms. The molecule has 7 nitrogen and oxygen atoms in total. The van der Waals surface area contributed by atoms with Gasteiger partial charge in [-0.05, 0) is 60.2 Å². The molecule has 0 amide bonds. The number of hydrogen-bond donors (Lipinski definition) is 3. The molecule has 172 valence electrons. The van der Waals surface area contributed by atoms with Gasteiger partial charge in [-0.2, -0.15) is 5.10 Å². The van der Waals surface area contributed by atoms with Crippen LogP contribution in [0.3, 0.4) is 0 Å². The molecule has 0 aliphatic heterocycles. The van der Waals surface area contributed by atoms with Crippen molar-refractivity contribution in [3.05, 3.63) is 96.1 Å². The fourth-order valence-electron chi connectivity index (χ4n) is 4.00. The van der Waals surface area contributed by atoms with Crippen molar-refractivity contribution in [2.75, 3.05) is 5.01 Å². The monoisotopic (exact) mass is 481 g/mol. The first-order chi connectivity index (χ1) is 16.9. The third kappa shape index (κ3) is 4.07. The first-order valence-corrected chi connectivity index (χ1v) is 11.0. The van der Waals surface area contributed by atoms with Crippen LogP contribution >= 0.6 is 12.2 Å². The number of thiocarbonyl (C=S) groups is 1. The van der Waals surface area contributed by atoms with E-state index in [-0.39, 0.29) is 16.4 Å². The third-order valence-electron chi connectivity index (χ3n) is 5.64. The summed E-state index contributed by atoms with van der Waals surface area (Å²) < 4.78 is 5.98. The number of anilines is 1. The lowest BCUT2D eigenvalue weighted by atomic mass is 9.97. The van der Waals surface area contributed by atoms with Crippen LogP contribution in [0.1, 0.15) is 15.9 Å². The van der Waals surface area contributed by atoms with E-state index in [1.165, 1.54) is 23.4 Å². The van der Waals surface area contributed by atoms with E-state index in [9.17, 15) is 9.90 Å². The van der Waals surface area contributed by atoms with Gasteiger partial charge in [0.25, 0.3) is 0 Å². The van der Waals surface area contributed by atoms with E-state index in [2.05, 4.69) is 5.10 Å². The summed E-state index contributed by atoms with van der Waals surface area (Å²) >= 11 is 5.12. The van der Waals surface area contributed by atoms with E-state index in [1.54, 1.807) is 18.2 Å². The van der Waals surface area contributed by atoms with E-state index >= 15 is 0 Å². The maximum Gasteiger partial charge on any atom is 0.335 e. The largest absolute Gasteiger partial charge is 0.507 e. The van der Waals surface area contributed by atoms with E-state index in [0.29, 0.717) is 16.8 Å². The van der Waals surface area contributed by atoms with Crippen LogP contribution in [0, 0.1) is 0 Å². The Morgan fingerprint density at radius 2 is 1.60 bits per heavy atom. The van der Waals surface area contributed by atoms with Crippen molar-refractivity contribution < 1.29 is 19.4 Å². The molecule has 0 unspecified atom stereocenters. The van der Waals surface area contributed by atoms with Crippen LogP contribution < -0.4 is 10.7 Å². The zero-order chi connectivity index (χ0) is 24.5. The quantitative estimate of drug-likeness (QED) is 0.167. The Bertz CT molecular complexity index is 1620. The van der Waals surface area contributed by atoms with Crippen molar-refractivity contribution in [3.8, 4) is 16.9 Å². The Kier molecular flexibility index (Phi) is 5.64. The molecule has 0 atom stereocenters. The fraction of sp³-hybridized carbons (Fsp3) is 0. The Morgan fingerprint density at radius 1 is 0.914 bits per heavy atom. The second-order valence-electron chi connectivity index (χ2n) is 7.77. The molecule has 1 aromatic heterocycles. The zero-order valence-corrected chi connectivity index (χ0v) is 19.1. The SMILES string of the molecule is NC(=S)N(N=Cc1cccc(-c2cccc3oc4ccccc4c23)c1O)c1ccc(C(=O)O)cc1. The predicted octanol–water partition coefficient (Wildman–Crippen LogP) is 5.74. The number of furan rings is 1. The van der Waals surface area contributed by atoms with Crippen LogP contribution in [0.25, 0.3) is 33.1 Å². The van der Waals surface area contributed by atoms with Crippen LogP contribution in [0.5, 0.6) is 5.75 Å². The standard InChI is InChI=1S/C27H19N3O4S/c28-27(35)30(18-13-11-16(12-14-18)26(32)33)29-15-17-5-3-8-20(25(17)31)19-7-4-10-23-24(19)21-6-1-2-9-22(21)34-23/h1-15,31H,(H2,28,35)(H,32,33). The summed E-state index contributed by atoms with van der Waals surface area (Å²) in [5.41, 5.74) is 9.88. The number of fused-ring (bicyclic) bond motifs is 3. The minimum atomic E-state index is -1.04. The number of hydrazone groups is 1. The van der Waals surface area contributed by atoms with Gasteiger partial charge in [-0.3, -0.25) is 0 Å². The molecule has 0 saturated heterocycles. The molecular weight excluding hydrogens is 462 g/mol. The molecule has 35 heavy (non-hydrogen) atoms. The summed E-state index contributed by atoms with van der Waals surface area (Å²) in [6.45, 7) is 0. The van der Waals surface area contributed by atoms with Gasteiger partial charge >= 0.3 is 5.97 Å². The number of carboxylic acid groups (broad SMARTS) is 1. The number of carbonyl (C=O) groups is 1. The van der Waals surface area contributed by atoms with Crippen molar-refractivity contribution in [2.45, 2.75) is 0 Å². The first-order valence-electron chi connectivity index (χ1n) is 10.6. The summed E-state index contributed by atoms with van der Waals surface area (Å²) in [5, 5.41) is 27.8. The minimum absolute atomic E-state index is 0.0328. The van der Waals surface area contributed by atoms with Crippen LogP contribution in [0.15, 0.2) is 94.4 Å². The number of hydrogen-bond acceptors (Lipinski definition) is 5. The minimum Gasteiger partial charge on any atom is -0.507 e. The average molecular weight is 482 g/mol. The molecule has 5 aromatic rings. The lowest BCUT2D eigenvalue weighted by Crippen LogP contribution is -2.31. The molecule has 0 radical (unpaired) electrons. The van der Waals surface area contributed by atoms with Crippen LogP contribution in [-0.4, -0.2) is 27.5 Å². The smallest absolute Gasteiger partial charge is 0.335 e. The average Bonchev–Trinajstić information content (AvgIpc) is 3.24. The first kappa shape index (κ1) is 22.1. The summed E-state index contributed by atoms with van der Waals surface area (Å²) in [4.78, 5) is 11.1. The van der Waals surface area contributed by atoms with Gasteiger partial charge in [0.1, 0.15) is 16.9 Å². The van der Waals surface area contributed by atoms with Gasteiger partial charge in [0.05, 0.1) is 17.5 Å². The van der Waals surface area contributed by atoms with E-state index in [1.807, 2.05) is 54.6 Å². The van der Waals surface area contributed by atoms with Crippen molar-refractivity contribution in [1.82, 2.24) is 0 Å². The number of phenolic OH excluding ortho intramolecular Hbond substituents is 1. The molecule has 5 rings (SSSR count).